The molecule has 1 heterocycles. The van der Waals surface area contributed by atoms with Crippen molar-refractivity contribution in [1.82, 2.24) is 14.9 Å². The normalized spacial score (nSPS) is 15.9. The number of carbonyl (C=O) groups is 1. The number of aliphatic hydroxyl groups excluding tert-OH is 1. The van der Waals surface area contributed by atoms with Crippen LogP contribution in [-0.2, 0) is 11.3 Å². The fraction of sp³-hybridized carbons (Fsp3) is 0.529. The first-order valence-electron chi connectivity index (χ1n) is 8.04. The second-order valence-corrected chi connectivity index (χ2v) is 6.15. The lowest BCUT2D eigenvalue weighted by atomic mass is 10.2. The molecule has 22 heavy (non-hydrogen) atoms. The Hall–Kier alpha value is -1.88. The maximum Gasteiger partial charge on any atom is 0.240 e. The second kappa shape index (κ2) is 6.48. The topological polar surface area (TPSA) is 67.2 Å². The van der Waals surface area contributed by atoms with Crippen molar-refractivity contribution in [2.24, 2.45) is 0 Å². The molecule has 0 radical (unpaired) electrons. The molecule has 1 saturated carbocycles. The number of imidazole rings is 1. The molecule has 1 unspecified atom stereocenters. The zero-order valence-electron chi connectivity index (χ0n) is 13.0. The molecule has 0 spiro atoms. The molecule has 2 aromatic rings. The Bertz CT molecular complexity index is 661. The lowest BCUT2D eigenvalue weighted by Gasteiger charge is -2.15. The largest absolute Gasteiger partial charge is 0.396 e. The van der Waals surface area contributed by atoms with E-state index in [-0.39, 0.29) is 18.6 Å². The molecule has 0 aliphatic heterocycles. The molecule has 118 valence electrons. The molecule has 1 aromatic carbocycles. The van der Waals surface area contributed by atoms with Gasteiger partial charge in [0.15, 0.2) is 0 Å². The number of nitrogens with zero attached hydrogens (tertiary/aromatic N) is 2. The highest BCUT2D eigenvalue weighted by Gasteiger charge is 2.30. The zero-order valence-corrected chi connectivity index (χ0v) is 13.0. The van der Waals surface area contributed by atoms with Crippen molar-refractivity contribution >= 4 is 16.9 Å². The molecule has 3 rings (SSSR count). The van der Waals surface area contributed by atoms with Crippen LogP contribution >= 0.6 is 0 Å². The first-order valence-corrected chi connectivity index (χ1v) is 8.04. The van der Waals surface area contributed by atoms with E-state index in [1.807, 2.05) is 31.2 Å². The van der Waals surface area contributed by atoms with Crippen molar-refractivity contribution in [1.29, 1.82) is 0 Å². The van der Waals surface area contributed by atoms with E-state index in [1.165, 1.54) is 0 Å². The van der Waals surface area contributed by atoms with Gasteiger partial charge in [0.1, 0.15) is 12.4 Å². The van der Waals surface area contributed by atoms with E-state index in [0.717, 1.165) is 36.1 Å². The van der Waals surface area contributed by atoms with Crippen molar-refractivity contribution in [3.8, 4) is 0 Å². The molecule has 2 N–H and O–H groups in total. The number of carbonyl (C=O) groups excluding carboxylic acids is 1. The number of amides is 1. The second-order valence-electron chi connectivity index (χ2n) is 6.15. The standard InChI is InChI=1S/C17H23N3O2/c1-12(5-4-10-21)18-16(22)11-20-15-7-3-2-6-14(15)19-17(20)13-8-9-13/h2-3,6-7,12-13,21H,4-5,8-11H2,1H3,(H,18,22). The van der Waals surface area contributed by atoms with Gasteiger partial charge in [-0.05, 0) is 44.7 Å². The van der Waals surface area contributed by atoms with Crippen molar-refractivity contribution < 1.29 is 9.90 Å². The zero-order chi connectivity index (χ0) is 15.5. The van der Waals surface area contributed by atoms with Gasteiger partial charge in [-0.1, -0.05) is 12.1 Å². The maximum absolute atomic E-state index is 12.3. The molecular formula is C17H23N3O2. The van der Waals surface area contributed by atoms with E-state index in [4.69, 9.17) is 10.1 Å². The Morgan fingerprint density at radius 2 is 2.23 bits per heavy atom. The minimum atomic E-state index is 0.00972. The van der Waals surface area contributed by atoms with Gasteiger partial charge in [0.2, 0.25) is 5.91 Å². The lowest BCUT2D eigenvalue weighted by molar-refractivity contribution is -0.122. The number of benzene rings is 1. The predicted octanol–water partition coefficient (Wildman–Crippen LogP) is 2.19. The molecule has 1 fully saturated rings. The molecule has 1 aromatic heterocycles. The Balaban J connectivity index is 1.75. The third kappa shape index (κ3) is 3.30. The summed E-state index contributed by atoms with van der Waals surface area (Å²) in [5, 5.41) is 11.9. The molecule has 0 bridgehead atoms. The molecule has 5 nitrogen and oxygen atoms in total. The smallest absolute Gasteiger partial charge is 0.240 e. The van der Waals surface area contributed by atoms with E-state index < -0.39 is 0 Å². The predicted molar refractivity (Wildman–Crippen MR) is 85.6 cm³/mol. The lowest BCUT2D eigenvalue weighted by Crippen LogP contribution is -2.35. The summed E-state index contributed by atoms with van der Waals surface area (Å²) in [6.45, 7) is 2.45. The number of hydrogen-bond acceptors (Lipinski definition) is 3. The van der Waals surface area contributed by atoms with Gasteiger partial charge in [0, 0.05) is 18.6 Å². The Morgan fingerprint density at radius 1 is 1.45 bits per heavy atom. The van der Waals surface area contributed by atoms with Gasteiger partial charge in [-0.2, -0.15) is 0 Å². The molecule has 1 amide bonds. The summed E-state index contributed by atoms with van der Waals surface area (Å²) in [6, 6.07) is 8.07. The van der Waals surface area contributed by atoms with Crippen molar-refractivity contribution in [2.45, 2.75) is 51.1 Å². The van der Waals surface area contributed by atoms with Crippen molar-refractivity contribution in [3.63, 3.8) is 0 Å². The van der Waals surface area contributed by atoms with Gasteiger partial charge in [0.05, 0.1) is 11.0 Å². The summed E-state index contributed by atoms with van der Waals surface area (Å²) in [5.41, 5.74) is 1.99. The minimum Gasteiger partial charge on any atom is -0.396 e. The molecular weight excluding hydrogens is 278 g/mol. The van der Waals surface area contributed by atoms with Crippen LogP contribution in [0.3, 0.4) is 0 Å². The Kier molecular flexibility index (Phi) is 4.43. The summed E-state index contributed by atoms with van der Waals surface area (Å²) in [7, 11) is 0. The highest BCUT2D eigenvalue weighted by atomic mass is 16.3. The average molecular weight is 301 g/mol. The summed E-state index contributed by atoms with van der Waals surface area (Å²) >= 11 is 0. The number of para-hydroxylation sites is 2. The summed E-state index contributed by atoms with van der Waals surface area (Å²) in [4.78, 5) is 17.0. The Morgan fingerprint density at radius 3 is 2.95 bits per heavy atom. The monoisotopic (exact) mass is 301 g/mol. The van der Waals surface area contributed by atoms with Gasteiger partial charge in [-0.3, -0.25) is 4.79 Å². The molecule has 1 aliphatic rings. The van der Waals surface area contributed by atoms with Gasteiger partial charge in [-0.15, -0.1) is 0 Å². The van der Waals surface area contributed by atoms with Gasteiger partial charge < -0.3 is 15.0 Å². The summed E-state index contributed by atoms with van der Waals surface area (Å²) < 4.78 is 2.06. The number of hydrogen-bond donors (Lipinski definition) is 2. The van der Waals surface area contributed by atoms with Crippen LogP contribution in [0.5, 0.6) is 0 Å². The third-order valence-corrected chi connectivity index (χ3v) is 4.13. The van der Waals surface area contributed by atoms with E-state index in [2.05, 4.69) is 9.88 Å². The SMILES string of the molecule is CC(CCCO)NC(=O)Cn1c(C2CC2)nc2ccccc21. The van der Waals surface area contributed by atoms with Crippen molar-refractivity contribution in [2.75, 3.05) is 6.61 Å². The highest BCUT2D eigenvalue weighted by Crippen LogP contribution is 2.40. The van der Waals surface area contributed by atoms with Crippen LogP contribution in [0.25, 0.3) is 11.0 Å². The van der Waals surface area contributed by atoms with E-state index in [1.54, 1.807) is 0 Å². The van der Waals surface area contributed by atoms with Crippen LogP contribution in [-0.4, -0.2) is 33.2 Å². The Labute approximate surface area is 130 Å². The van der Waals surface area contributed by atoms with E-state index in [0.29, 0.717) is 18.9 Å². The van der Waals surface area contributed by atoms with Crippen LogP contribution in [0.4, 0.5) is 0 Å². The fourth-order valence-corrected chi connectivity index (χ4v) is 2.85. The van der Waals surface area contributed by atoms with Crippen LogP contribution < -0.4 is 5.32 Å². The quantitative estimate of drug-likeness (QED) is 0.824. The number of aliphatic hydroxyl groups is 1. The first-order chi connectivity index (χ1) is 10.7. The minimum absolute atomic E-state index is 0.00972. The fourth-order valence-electron chi connectivity index (χ4n) is 2.85. The molecule has 1 aliphatic carbocycles. The van der Waals surface area contributed by atoms with Gasteiger partial charge in [-0.25, -0.2) is 4.98 Å². The van der Waals surface area contributed by atoms with E-state index >= 15 is 0 Å². The number of fused-ring (bicyclic) bond motifs is 1. The number of rotatable bonds is 7. The molecule has 1 atom stereocenters. The number of nitrogens with one attached hydrogen (secondary N) is 1. The van der Waals surface area contributed by atoms with Crippen LogP contribution in [0.2, 0.25) is 0 Å². The molecule has 5 heteroatoms. The van der Waals surface area contributed by atoms with Crippen LogP contribution in [0.1, 0.15) is 44.3 Å². The van der Waals surface area contributed by atoms with Crippen LogP contribution in [0.15, 0.2) is 24.3 Å². The average Bonchev–Trinajstić information content (AvgIpc) is 3.29. The highest BCUT2D eigenvalue weighted by molar-refractivity contribution is 5.81. The van der Waals surface area contributed by atoms with Crippen molar-refractivity contribution in [3.05, 3.63) is 30.1 Å². The van der Waals surface area contributed by atoms with Gasteiger partial charge >= 0.3 is 0 Å². The summed E-state index contributed by atoms with van der Waals surface area (Å²) in [6.07, 6.45) is 3.83. The van der Waals surface area contributed by atoms with E-state index in [9.17, 15) is 4.79 Å². The number of aromatic nitrogens is 2. The van der Waals surface area contributed by atoms with Crippen LogP contribution in [0, 0.1) is 0 Å². The maximum atomic E-state index is 12.3. The first kappa shape index (κ1) is 15.0. The molecule has 0 saturated heterocycles. The van der Waals surface area contributed by atoms with Gasteiger partial charge in [0.25, 0.3) is 0 Å². The summed E-state index contributed by atoms with van der Waals surface area (Å²) in [5.74, 6) is 1.56. The third-order valence-electron chi connectivity index (χ3n) is 4.13.